The molecule has 0 aliphatic carbocycles. The van der Waals surface area contributed by atoms with Crippen LogP contribution in [0.25, 0.3) is 5.69 Å². The van der Waals surface area contributed by atoms with Gasteiger partial charge in [-0.3, -0.25) is 4.79 Å². The summed E-state index contributed by atoms with van der Waals surface area (Å²) in [6.07, 6.45) is 3.63. The van der Waals surface area contributed by atoms with Gasteiger partial charge in [-0.15, -0.1) is 0 Å². The number of benzene rings is 1. The standard InChI is InChI=1S/C13H15N3O2/c1-18-10-13(17)14-7-11-8-15-16(9-11)12-5-3-2-4-6-12/h2-6,8-9H,7,10H2,1H3,(H,14,17). The summed E-state index contributed by atoms with van der Waals surface area (Å²) in [6.45, 7) is 0.530. The SMILES string of the molecule is COCC(=O)NCc1cnn(-c2ccccc2)c1. The van der Waals surface area contributed by atoms with E-state index in [0.29, 0.717) is 6.54 Å². The van der Waals surface area contributed by atoms with Crippen LogP contribution < -0.4 is 5.32 Å². The van der Waals surface area contributed by atoms with Gasteiger partial charge in [0.25, 0.3) is 0 Å². The molecule has 18 heavy (non-hydrogen) atoms. The highest BCUT2D eigenvalue weighted by atomic mass is 16.5. The van der Waals surface area contributed by atoms with Gasteiger partial charge in [0.15, 0.2) is 0 Å². The van der Waals surface area contributed by atoms with Gasteiger partial charge >= 0.3 is 0 Å². The third-order valence-electron chi connectivity index (χ3n) is 2.42. The summed E-state index contributed by atoms with van der Waals surface area (Å²) in [5.41, 5.74) is 1.94. The molecule has 0 aliphatic heterocycles. The van der Waals surface area contributed by atoms with Crippen molar-refractivity contribution in [2.45, 2.75) is 6.54 Å². The van der Waals surface area contributed by atoms with Gasteiger partial charge < -0.3 is 10.1 Å². The predicted octanol–water partition coefficient (Wildman–Crippen LogP) is 1.13. The molecule has 2 rings (SSSR count). The van der Waals surface area contributed by atoms with Crippen molar-refractivity contribution in [3.05, 3.63) is 48.3 Å². The maximum absolute atomic E-state index is 11.2. The molecule has 1 aromatic heterocycles. The second kappa shape index (κ2) is 5.97. The molecule has 0 aliphatic rings. The molecule has 94 valence electrons. The lowest BCUT2D eigenvalue weighted by Crippen LogP contribution is -2.26. The third-order valence-corrected chi connectivity index (χ3v) is 2.42. The molecule has 1 amide bonds. The van der Waals surface area contributed by atoms with Crippen LogP contribution in [-0.4, -0.2) is 29.4 Å². The number of nitrogens with zero attached hydrogens (tertiary/aromatic N) is 2. The molecule has 0 fully saturated rings. The van der Waals surface area contributed by atoms with E-state index >= 15 is 0 Å². The number of rotatable bonds is 5. The van der Waals surface area contributed by atoms with Crippen LogP contribution in [0.2, 0.25) is 0 Å². The van der Waals surface area contributed by atoms with Crippen LogP contribution in [-0.2, 0) is 16.1 Å². The Morgan fingerprint density at radius 1 is 1.39 bits per heavy atom. The van der Waals surface area contributed by atoms with Crippen molar-refractivity contribution in [3.8, 4) is 5.69 Å². The maximum atomic E-state index is 11.2. The quantitative estimate of drug-likeness (QED) is 0.859. The number of hydrogen-bond donors (Lipinski definition) is 1. The number of hydrogen-bond acceptors (Lipinski definition) is 3. The van der Waals surface area contributed by atoms with Crippen LogP contribution in [0.5, 0.6) is 0 Å². The first-order chi connectivity index (χ1) is 8.79. The summed E-state index contributed by atoms with van der Waals surface area (Å²) >= 11 is 0. The molecule has 0 bridgehead atoms. The van der Waals surface area contributed by atoms with Crippen molar-refractivity contribution in [2.75, 3.05) is 13.7 Å². The summed E-state index contributed by atoms with van der Waals surface area (Å²) in [5, 5.41) is 6.99. The summed E-state index contributed by atoms with van der Waals surface area (Å²) in [7, 11) is 1.49. The highest BCUT2D eigenvalue weighted by Crippen LogP contribution is 2.07. The van der Waals surface area contributed by atoms with Crippen molar-refractivity contribution in [2.24, 2.45) is 0 Å². The van der Waals surface area contributed by atoms with Crippen LogP contribution in [0.1, 0.15) is 5.56 Å². The van der Waals surface area contributed by atoms with Gasteiger partial charge in [0, 0.05) is 25.4 Å². The molecule has 2 aromatic rings. The van der Waals surface area contributed by atoms with Gasteiger partial charge in [-0.25, -0.2) is 4.68 Å². The first-order valence-corrected chi connectivity index (χ1v) is 5.64. The Morgan fingerprint density at radius 2 is 2.17 bits per heavy atom. The van der Waals surface area contributed by atoms with Gasteiger partial charge in [0.1, 0.15) is 6.61 Å². The minimum absolute atomic E-state index is 0.0762. The first kappa shape index (κ1) is 12.3. The minimum atomic E-state index is -0.134. The zero-order valence-electron chi connectivity index (χ0n) is 10.2. The summed E-state index contributed by atoms with van der Waals surface area (Å²) in [6, 6.07) is 9.81. The molecule has 1 N–H and O–H groups in total. The predicted molar refractivity (Wildman–Crippen MR) is 67.3 cm³/mol. The van der Waals surface area contributed by atoms with Gasteiger partial charge in [0.2, 0.25) is 5.91 Å². The van der Waals surface area contributed by atoms with Gasteiger partial charge in [0.05, 0.1) is 11.9 Å². The second-order valence-corrected chi connectivity index (χ2v) is 3.84. The van der Waals surface area contributed by atoms with E-state index in [1.165, 1.54) is 7.11 Å². The molecule has 0 saturated heterocycles. The van der Waals surface area contributed by atoms with E-state index in [1.54, 1.807) is 10.9 Å². The van der Waals surface area contributed by atoms with Gasteiger partial charge in [-0.05, 0) is 12.1 Å². The Labute approximate surface area is 105 Å². The molecule has 5 heteroatoms. The largest absolute Gasteiger partial charge is 0.375 e. The lowest BCUT2D eigenvalue weighted by molar-refractivity contribution is -0.124. The Kier molecular flexibility index (Phi) is 4.09. The topological polar surface area (TPSA) is 56.1 Å². The maximum Gasteiger partial charge on any atom is 0.246 e. The van der Waals surface area contributed by atoms with Crippen LogP contribution in [0.4, 0.5) is 0 Å². The monoisotopic (exact) mass is 245 g/mol. The number of methoxy groups -OCH3 is 1. The number of para-hydroxylation sites is 1. The Hall–Kier alpha value is -2.14. The minimum Gasteiger partial charge on any atom is -0.375 e. The van der Waals surface area contributed by atoms with Crippen molar-refractivity contribution in [3.63, 3.8) is 0 Å². The smallest absolute Gasteiger partial charge is 0.246 e. The number of carbonyl (C=O) groups excluding carboxylic acids is 1. The van der Waals surface area contributed by atoms with Crippen LogP contribution in [0, 0.1) is 0 Å². The zero-order valence-corrected chi connectivity index (χ0v) is 10.2. The van der Waals surface area contributed by atoms with Gasteiger partial charge in [-0.1, -0.05) is 18.2 Å². The van der Waals surface area contributed by atoms with Gasteiger partial charge in [-0.2, -0.15) is 5.10 Å². The average molecular weight is 245 g/mol. The fourth-order valence-electron chi connectivity index (χ4n) is 1.56. The van der Waals surface area contributed by atoms with E-state index in [2.05, 4.69) is 10.4 Å². The molecular formula is C13H15N3O2. The highest BCUT2D eigenvalue weighted by Gasteiger charge is 2.03. The average Bonchev–Trinajstić information content (AvgIpc) is 2.87. The number of amides is 1. The second-order valence-electron chi connectivity index (χ2n) is 3.84. The van der Waals surface area contributed by atoms with Crippen molar-refractivity contribution >= 4 is 5.91 Å². The highest BCUT2D eigenvalue weighted by molar-refractivity contribution is 5.77. The molecule has 0 saturated carbocycles. The van der Waals surface area contributed by atoms with E-state index in [9.17, 15) is 4.79 Å². The van der Waals surface area contributed by atoms with E-state index in [4.69, 9.17) is 4.74 Å². The van der Waals surface area contributed by atoms with Crippen molar-refractivity contribution in [1.29, 1.82) is 0 Å². The first-order valence-electron chi connectivity index (χ1n) is 5.64. The zero-order chi connectivity index (χ0) is 12.8. The molecular weight excluding hydrogens is 230 g/mol. The Bertz CT molecular complexity index is 508. The van der Waals surface area contributed by atoms with Crippen molar-refractivity contribution in [1.82, 2.24) is 15.1 Å². The van der Waals surface area contributed by atoms with E-state index in [-0.39, 0.29) is 12.5 Å². The number of aromatic nitrogens is 2. The normalized spacial score (nSPS) is 10.3. The fourth-order valence-corrected chi connectivity index (χ4v) is 1.56. The van der Waals surface area contributed by atoms with E-state index in [1.807, 2.05) is 36.5 Å². The van der Waals surface area contributed by atoms with Crippen molar-refractivity contribution < 1.29 is 9.53 Å². The third kappa shape index (κ3) is 3.18. The molecule has 0 atom stereocenters. The van der Waals surface area contributed by atoms with E-state index in [0.717, 1.165) is 11.3 Å². The molecule has 1 aromatic carbocycles. The number of carbonyl (C=O) groups is 1. The number of nitrogens with one attached hydrogen (secondary N) is 1. The Balaban J connectivity index is 1.97. The molecule has 5 nitrogen and oxygen atoms in total. The van der Waals surface area contributed by atoms with Crippen LogP contribution in [0.3, 0.4) is 0 Å². The van der Waals surface area contributed by atoms with Crippen LogP contribution >= 0.6 is 0 Å². The number of ether oxygens (including phenoxy) is 1. The molecule has 0 unspecified atom stereocenters. The molecule has 0 spiro atoms. The summed E-state index contributed by atoms with van der Waals surface area (Å²) < 4.78 is 6.51. The van der Waals surface area contributed by atoms with E-state index < -0.39 is 0 Å². The summed E-state index contributed by atoms with van der Waals surface area (Å²) in [4.78, 5) is 11.2. The Morgan fingerprint density at radius 3 is 2.89 bits per heavy atom. The molecule has 0 radical (unpaired) electrons. The molecule has 1 heterocycles. The summed E-state index contributed by atoms with van der Waals surface area (Å²) in [5.74, 6) is -0.134. The fraction of sp³-hybridized carbons (Fsp3) is 0.231. The lowest BCUT2D eigenvalue weighted by Gasteiger charge is -2.02. The lowest BCUT2D eigenvalue weighted by atomic mass is 10.3. The van der Waals surface area contributed by atoms with Crippen LogP contribution in [0.15, 0.2) is 42.7 Å².